The van der Waals surface area contributed by atoms with Crippen LogP contribution in [0.3, 0.4) is 0 Å². The number of rotatable bonds is 4. The predicted octanol–water partition coefficient (Wildman–Crippen LogP) is 1.64. The number of hydrogen-bond acceptors (Lipinski definition) is 1. The van der Waals surface area contributed by atoms with Crippen LogP contribution >= 0.6 is 0 Å². The first kappa shape index (κ1) is 9.36. The molecular weight excluding hydrogens is 152 g/mol. The standard InChI is InChI=1S/C9H18N2O/c1-3-5-7-8(6-4-2)11-9(12)10-7/h7-8H,3-6H2,1-2H3,(H2,10,11,12)/t7-,8-/m1/s1. The normalized spacial score (nSPS) is 28.3. The van der Waals surface area contributed by atoms with E-state index in [0.29, 0.717) is 12.1 Å². The zero-order valence-corrected chi connectivity index (χ0v) is 7.89. The van der Waals surface area contributed by atoms with E-state index in [4.69, 9.17) is 0 Å². The molecule has 0 radical (unpaired) electrons. The van der Waals surface area contributed by atoms with Gasteiger partial charge in [-0.2, -0.15) is 0 Å². The number of hydrogen-bond donors (Lipinski definition) is 2. The molecule has 0 aromatic heterocycles. The van der Waals surface area contributed by atoms with Crippen LogP contribution in [-0.2, 0) is 0 Å². The van der Waals surface area contributed by atoms with E-state index < -0.39 is 0 Å². The number of urea groups is 1. The molecule has 1 aliphatic rings. The SMILES string of the molecule is CCC[C@H]1NC(=O)N[C@@H]1CCC. The summed E-state index contributed by atoms with van der Waals surface area (Å²) in [6.45, 7) is 4.29. The van der Waals surface area contributed by atoms with Gasteiger partial charge in [-0.05, 0) is 12.8 Å². The van der Waals surface area contributed by atoms with Gasteiger partial charge in [0.05, 0.1) is 12.1 Å². The predicted molar refractivity (Wildman–Crippen MR) is 49.1 cm³/mol. The molecule has 0 unspecified atom stereocenters. The summed E-state index contributed by atoms with van der Waals surface area (Å²) in [6.07, 6.45) is 4.44. The van der Waals surface area contributed by atoms with Gasteiger partial charge in [0.2, 0.25) is 0 Å². The van der Waals surface area contributed by atoms with Gasteiger partial charge < -0.3 is 10.6 Å². The lowest BCUT2D eigenvalue weighted by atomic mass is 10.0. The second kappa shape index (κ2) is 4.33. The van der Waals surface area contributed by atoms with Crippen molar-refractivity contribution in [2.24, 2.45) is 0 Å². The maximum absolute atomic E-state index is 11.0. The average Bonchev–Trinajstić information content (AvgIpc) is 2.33. The van der Waals surface area contributed by atoms with E-state index in [0.717, 1.165) is 25.7 Å². The summed E-state index contributed by atoms with van der Waals surface area (Å²) in [4.78, 5) is 11.0. The molecule has 0 saturated carbocycles. The number of amides is 2. The summed E-state index contributed by atoms with van der Waals surface area (Å²) in [5.74, 6) is 0. The van der Waals surface area contributed by atoms with E-state index in [1.54, 1.807) is 0 Å². The molecule has 1 aliphatic heterocycles. The third-order valence-electron chi connectivity index (χ3n) is 2.32. The van der Waals surface area contributed by atoms with Crippen LogP contribution < -0.4 is 10.6 Å². The molecule has 0 aromatic rings. The van der Waals surface area contributed by atoms with Gasteiger partial charge in [-0.15, -0.1) is 0 Å². The Morgan fingerprint density at radius 1 is 1.08 bits per heavy atom. The second-order valence-corrected chi connectivity index (χ2v) is 3.41. The lowest BCUT2D eigenvalue weighted by Gasteiger charge is -2.16. The summed E-state index contributed by atoms with van der Waals surface area (Å²) in [5.41, 5.74) is 0. The first-order chi connectivity index (χ1) is 5.77. The summed E-state index contributed by atoms with van der Waals surface area (Å²) in [6, 6.07) is 0.733. The number of nitrogens with one attached hydrogen (secondary N) is 2. The van der Waals surface area contributed by atoms with Crippen LogP contribution in [0.4, 0.5) is 4.79 Å². The highest BCUT2D eigenvalue weighted by Gasteiger charge is 2.29. The lowest BCUT2D eigenvalue weighted by molar-refractivity contribution is 0.246. The maximum Gasteiger partial charge on any atom is 0.315 e. The molecule has 0 aromatic carbocycles. The zero-order chi connectivity index (χ0) is 8.97. The van der Waals surface area contributed by atoms with Crippen molar-refractivity contribution < 1.29 is 4.79 Å². The second-order valence-electron chi connectivity index (χ2n) is 3.41. The van der Waals surface area contributed by atoms with E-state index in [1.807, 2.05) is 0 Å². The molecule has 2 amide bonds. The molecule has 1 fully saturated rings. The Morgan fingerprint density at radius 3 is 1.83 bits per heavy atom. The Kier molecular flexibility index (Phi) is 3.38. The lowest BCUT2D eigenvalue weighted by Crippen LogP contribution is -2.33. The van der Waals surface area contributed by atoms with E-state index in [-0.39, 0.29) is 6.03 Å². The van der Waals surface area contributed by atoms with Gasteiger partial charge in [0.15, 0.2) is 0 Å². The van der Waals surface area contributed by atoms with Crippen molar-refractivity contribution in [2.75, 3.05) is 0 Å². The summed E-state index contributed by atoms with van der Waals surface area (Å²) >= 11 is 0. The first-order valence-electron chi connectivity index (χ1n) is 4.85. The molecule has 3 heteroatoms. The quantitative estimate of drug-likeness (QED) is 0.661. The van der Waals surface area contributed by atoms with E-state index >= 15 is 0 Å². The number of carbonyl (C=O) groups excluding carboxylic acids is 1. The molecule has 0 aliphatic carbocycles. The van der Waals surface area contributed by atoms with Crippen molar-refractivity contribution in [3.63, 3.8) is 0 Å². The Hall–Kier alpha value is -0.730. The molecule has 2 N–H and O–H groups in total. The van der Waals surface area contributed by atoms with Crippen molar-refractivity contribution in [1.82, 2.24) is 10.6 Å². The summed E-state index contributed by atoms with van der Waals surface area (Å²) < 4.78 is 0. The van der Waals surface area contributed by atoms with Gasteiger partial charge in [-0.1, -0.05) is 26.7 Å². The molecule has 3 nitrogen and oxygen atoms in total. The smallest absolute Gasteiger partial charge is 0.315 e. The van der Waals surface area contributed by atoms with Crippen molar-refractivity contribution in [1.29, 1.82) is 0 Å². The molecule has 0 bridgehead atoms. The van der Waals surface area contributed by atoms with Crippen molar-refractivity contribution >= 4 is 6.03 Å². The van der Waals surface area contributed by atoms with E-state index in [2.05, 4.69) is 24.5 Å². The average molecular weight is 170 g/mol. The van der Waals surface area contributed by atoms with Gasteiger partial charge in [0.25, 0.3) is 0 Å². The van der Waals surface area contributed by atoms with Crippen LogP contribution in [-0.4, -0.2) is 18.1 Å². The van der Waals surface area contributed by atoms with Gasteiger partial charge in [-0.3, -0.25) is 0 Å². The van der Waals surface area contributed by atoms with Gasteiger partial charge >= 0.3 is 6.03 Å². The molecular formula is C9H18N2O. The van der Waals surface area contributed by atoms with Crippen LogP contribution in [0.25, 0.3) is 0 Å². The van der Waals surface area contributed by atoms with Crippen LogP contribution in [0, 0.1) is 0 Å². The highest BCUT2D eigenvalue weighted by molar-refractivity contribution is 5.77. The van der Waals surface area contributed by atoms with E-state index in [1.165, 1.54) is 0 Å². The maximum atomic E-state index is 11.0. The monoisotopic (exact) mass is 170 g/mol. The Morgan fingerprint density at radius 2 is 1.50 bits per heavy atom. The summed E-state index contributed by atoms with van der Waals surface area (Å²) in [5, 5.41) is 5.88. The third kappa shape index (κ3) is 2.13. The Balaban J connectivity index is 2.41. The fraction of sp³-hybridized carbons (Fsp3) is 0.889. The minimum atomic E-state index is 0.00639. The highest BCUT2D eigenvalue weighted by Crippen LogP contribution is 2.12. The minimum absolute atomic E-state index is 0.00639. The fourth-order valence-electron chi connectivity index (χ4n) is 1.75. The van der Waals surface area contributed by atoms with E-state index in [9.17, 15) is 4.79 Å². The topological polar surface area (TPSA) is 41.1 Å². The molecule has 0 spiro atoms. The summed E-state index contributed by atoms with van der Waals surface area (Å²) in [7, 11) is 0. The van der Waals surface area contributed by atoms with Crippen LogP contribution in [0.1, 0.15) is 39.5 Å². The third-order valence-corrected chi connectivity index (χ3v) is 2.32. The molecule has 2 atom stereocenters. The van der Waals surface area contributed by atoms with Crippen molar-refractivity contribution in [3.8, 4) is 0 Å². The van der Waals surface area contributed by atoms with Crippen LogP contribution in [0.5, 0.6) is 0 Å². The number of carbonyl (C=O) groups is 1. The largest absolute Gasteiger partial charge is 0.333 e. The van der Waals surface area contributed by atoms with Gasteiger partial charge in [-0.25, -0.2) is 4.79 Å². The van der Waals surface area contributed by atoms with Gasteiger partial charge in [0, 0.05) is 0 Å². The molecule has 12 heavy (non-hydrogen) atoms. The molecule has 70 valence electrons. The minimum Gasteiger partial charge on any atom is -0.333 e. The first-order valence-corrected chi connectivity index (χ1v) is 4.85. The van der Waals surface area contributed by atoms with Crippen molar-refractivity contribution in [2.45, 2.75) is 51.6 Å². The Labute approximate surface area is 73.9 Å². The Bertz CT molecular complexity index is 143. The zero-order valence-electron chi connectivity index (χ0n) is 7.89. The van der Waals surface area contributed by atoms with Gasteiger partial charge in [0.1, 0.15) is 0 Å². The molecule has 1 rings (SSSR count). The highest BCUT2D eigenvalue weighted by atomic mass is 16.2. The fourth-order valence-corrected chi connectivity index (χ4v) is 1.75. The van der Waals surface area contributed by atoms with Crippen LogP contribution in [0.15, 0.2) is 0 Å². The van der Waals surface area contributed by atoms with Crippen molar-refractivity contribution in [3.05, 3.63) is 0 Å². The molecule has 1 saturated heterocycles. The molecule has 1 heterocycles. The van der Waals surface area contributed by atoms with Crippen LogP contribution in [0.2, 0.25) is 0 Å².